The molecule has 1 atom stereocenters. The molecule has 0 heterocycles. The summed E-state index contributed by atoms with van der Waals surface area (Å²) in [5.41, 5.74) is 0. The zero-order chi connectivity index (χ0) is 37.3. The predicted octanol–water partition coefficient (Wildman–Crippen LogP) is 13.6. The lowest BCUT2D eigenvalue weighted by Crippen LogP contribution is -2.30. The molecule has 0 aliphatic rings. The van der Waals surface area contributed by atoms with E-state index < -0.39 is 6.10 Å². The van der Waals surface area contributed by atoms with Gasteiger partial charge in [0.15, 0.2) is 6.10 Å². The maximum Gasteiger partial charge on any atom is 0.306 e. The van der Waals surface area contributed by atoms with E-state index in [2.05, 4.69) is 45.1 Å². The molecule has 0 saturated carbocycles. The first-order valence-corrected chi connectivity index (χ1v) is 21.8. The van der Waals surface area contributed by atoms with Gasteiger partial charge in [-0.1, -0.05) is 173 Å². The monoisotopic (exact) mass is 719 g/mol. The van der Waals surface area contributed by atoms with E-state index in [0.29, 0.717) is 19.3 Å². The van der Waals surface area contributed by atoms with Crippen molar-refractivity contribution in [3.63, 3.8) is 0 Å². The zero-order valence-electron chi connectivity index (χ0n) is 33.9. The first kappa shape index (κ1) is 48.9. The maximum absolute atomic E-state index is 12.7. The summed E-state index contributed by atoms with van der Waals surface area (Å²) in [6.45, 7) is 6.53. The highest BCUT2D eigenvalue weighted by Crippen LogP contribution is 2.14. The first-order chi connectivity index (χ1) is 25.0. The van der Waals surface area contributed by atoms with Crippen molar-refractivity contribution in [2.75, 3.05) is 13.2 Å². The number of rotatable bonds is 39. The summed E-state index contributed by atoms with van der Waals surface area (Å²) in [7, 11) is 0. The van der Waals surface area contributed by atoms with E-state index in [0.717, 1.165) is 77.0 Å². The van der Waals surface area contributed by atoms with Crippen LogP contribution in [0.15, 0.2) is 24.3 Å². The summed E-state index contributed by atoms with van der Waals surface area (Å²) in [4.78, 5) is 37.6. The third kappa shape index (κ3) is 38.9. The molecule has 0 spiro atoms. The second kappa shape index (κ2) is 40.7. The number of hydrogen-bond acceptors (Lipinski definition) is 6. The van der Waals surface area contributed by atoms with Gasteiger partial charge in [-0.15, -0.1) is 0 Å². The summed E-state index contributed by atoms with van der Waals surface area (Å²) in [6.07, 6.45) is 43.0. The van der Waals surface area contributed by atoms with Crippen LogP contribution in [0.3, 0.4) is 0 Å². The average Bonchev–Trinajstić information content (AvgIpc) is 3.12. The third-order valence-electron chi connectivity index (χ3n) is 9.43. The van der Waals surface area contributed by atoms with Gasteiger partial charge in [-0.2, -0.15) is 0 Å². The largest absolute Gasteiger partial charge is 0.462 e. The Morgan fingerprint density at radius 3 is 1.04 bits per heavy atom. The summed E-state index contributed by atoms with van der Waals surface area (Å²) in [5, 5.41) is 0. The fraction of sp³-hybridized carbons (Fsp3) is 0.844. The van der Waals surface area contributed by atoms with Crippen LogP contribution in [-0.2, 0) is 28.6 Å². The minimum Gasteiger partial charge on any atom is -0.462 e. The van der Waals surface area contributed by atoms with Crippen LogP contribution in [0.5, 0.6) is 0 Å². The van der Waals surface area contributed by atoms with Crippen LogP contribution in [0.2, 0.25) is 0 Å². The summed E-state index contributed by atoms with van der Waals surface area (Å²) in [5.74, 6) is -0.895. The standard InChI is InChI=1S/C45H82O6/c1-4-7-10-13-16-19-22-25-28-31-34-37-43(46)49-40-42(51-45(48)39-36-33-30-27-24-21-18-15-12-9-6-3)41-50-44(47)38-35-32-29-26-23-20-17-14-11-8-5-2/h13,15-16,18,42H,4-12,14,17,19-41H2,1-3H3/b16-13-,18-15-. The van der Waals surface area contributed by atoms with Gasteiger partial charge in [0.2, 0.25) is 0 Å². The van der Waals surface area contributed by atoms with Crippen molar-refractivity contribution < 1.29 is 28.6 Å². The molecule has 0 rings (SSSR count). The minimum absolute atomic E-state index is 0.0749. The Labute approximate surface area is 315 Å². The van der Waals surface area contributed by atoms with Crippen molar-refractivity contribution in [1.29, 1.82) is 0 Å². The van der Waals surface area contributed by atoms with Gasteiger partial charge in [0, 0.05) is 19.3 Å². The molecule has 0 bridgehead atoms. The minimum atomic E-state index is -0.771. The number of allylic oxidation sites excluding steroid dienone is 4. The normalized spacial score (nSPS) is 12.1. The van der Waals surface area contributed by atoms with Gasteiger partial charge in [-0.05, 0) is 57.8 Å². The van der Waals surface area contributed by atoms with Crippen LogP contribution in [0.25, 0.3) is 0 Å². The van der Waals surface area contributed by atoms with Crippen LogP contribution in [-0.4, -0.2) is 37.2 Å². The van der Waals surface area contributed by atoms with E-state index in [-0.39, 0.29) is 31.1 Å². The molecule has 0 aromatic carbocycles. The molecule has 6 nitrogen and oxygen atoms in total. The topological polar surface area (TPSA) is 78.9 Å². The zero-order valence-corrected chi connectivity index (χ0v) is 33.9. The van der Waals surface area contributed by atoms with Crippen molar-refractivity contribution in [3.05, 3.63) is 24.3 Å². The van der Waals surface area contributed by atoms with Crippen molar-refractivity contribution in [1.82, 2.24) is 0 Å². The van der Waals surface area contributed by atoms with Gasteiger partial charge < -0.3 is 14.2 Å². The second-order valence-electron chi connectivity index (χ2n) is 14.6. The molecule has 0 aliphatic heterocycles. The molecule has 0 saturated heterocycles. The maximum atomic E-state index is 12.7. The van der Waals surface area contributed by atoms with E-state index in [9.17, 15) is 14.4 Å². The molecule has 51 heavy (non-hydrogen) atoms. The van der Waals surface area contributed by atoms with Crippen molar-refractivity contribution in [2.24, 2.45) is 0 Å². The molecule has 0 aromatic heterocycles. The van der Waals surface area contributed by atoms with Crippen molar-refractivity contribution >= 4 is 17.9 Å². The molecular weight excluding hydrogens is 636 g/mol. The predicted molar refractivity (Wildman–Crippen MR) is 215 cm³/mol. The van der Waals surface area contributed by atoms with Crippen molar-refractivity contribution in [3.8, 4) is 0 Å². The smallest absolute Gasteiger partial charge is 0.306 e. The molecule has 0 aliphatic carbocycles. The van der Waals surface area contributed by atoms with E-state index in [1.54, 1.807) is 0 Å². The Morgan fingerprint density at radius 1 is 0.373 bits per heavy atom. The first-order valence-electron chi connectivity index (χ1n) is 21.8. The number of ether oxygens (including phenoxy) is 3. The van der Waals surface area contributed by atoms with E-state index in [4.69, 9.17) is 14.2 Å². The lowest BCUT2D eigenvalue weighted by Gasteiger charge is -2.18. The Hall–Kier alpha value is -2.11. The summed E-state index contributed by atoms with van der Waals surface area (Å²) in [6, 6.07) is 0. The molecule has 298 valence electrons. The van der Waals surface area contributed by atoms with Gasteiger partial charge in [0.05, 0.1) is 0 Å². The highest BCUT2D eigenvalue weighted by molar-refractivity contribution is 5.71. The Morgan fingerprint density at radius 2 is 0.667 bits per heavy atom. The van der Waals surface area contributed by atoms with Gasteiger partial charge >= 0.3 is 17.9 Å². The second-order valence-corrected chi connectivity index (χ2v) is 14.6. The number of hydrogen-bond donors (Lipinski definition) is 0. The molecular formula is C45H82O6. The summed E-state index contributed by atoms with van der Waals surface area (Å²) < 4.78 is 16.6. The Kier molecular flexibility index (Phi) is 39.0. The molecule has 0 fully saturated rings. The van der Waals surface area contributed by atoms with E-state index in [1.165, 1.54) is 109 Å². The summed E-state index contributed by atoms with van der Waals surface area (Å²) >= 11 is 0. The lowest BCUT2D eigenvalue weighted by molar-refractivity contribution is -0.167. The molecule has 0 radical (unpaired) electrons. The molecule has 0 amide bonds. The van der Waals surface area contributed by atoms with Gasteiger partial charge in [0.1, 0.15) is 13.2 Å². The number of carbonyl (C=O) groups is 3. The van der Waals surface area contributed by atoms with Gasteiger partial charge in [-0.3, -0.25) is 14.4 Å². The third-order valence-corrected chi connectivity index (χ3v) is 9.43. The fourth-order valence-electron chi connectivity index (χ4n) is 6.05. The van der Waals surface area contributed by atoms with Gasteiger partial charge in [-0.25, -0.2) is 0 Å². The van der Waals surface area contributed by atoms with E-state index >= 15 is 0 Å². The number of carbonyl (C=O) groups excluding carboxylic acids is 3. The molecule has 0 aromatic rings. The van der Waals surface area contributed by atoms with Gasteiger partial charge in [0.25, 0.3) is 0 Å². The van der Waals surface area contributed by atoms with Crippen molar-refractivity contribution in [2.45, 2.75) is 232 Å². The Balaban J connectivity index is 4.38. The highest BCUT2D eigenvalue weighted by atomic mass is 16.6. The quantitative estimate of drug-likeness (QED) is 0.0272. The highest BCUT2D eigenvalue weighted by Gasteiger charge is 2.19. The fourth-order valence-corrected chi connectivity index (χ4v) is 6.05. The molecule has 1 unspecified atom stereocenters. The molecule has 6 heteroatoms. The van der Waals surface area contributed by atoms with Crippen LogP contribution < -0.4 is 0 Å². The number of unbranched alkanes of at least 4 members (excludes halogenated alkanes) is 24. The van der Waals surface area contributed by atoms with Crippen LogP contribution in [0.1, 0.15) is 226 Å². The SMILES string of the molecule is CCCC/C=C\CCCCCCCC(=O)OCC(COC(=O)CCCCCCCCCCCCC)OC(=O)CCCCCCC/C=C\CCCC. The van der Waals surface area contributed by atoms with Crippen LogP contribution in [0.4, 0.5) is 0 Å². The lowest BCUT2D eigenvalue weighted by atomic mass is 10.1. The Bertz CT molecular complexity index is 835. The van der Waals surface area contributed by atoms with E-state index in [1.807, 2.05) is 0 Å². The number of esters is 3. The average molecular weight is 719 g/mol. The van der Waals surface area contributed by atoms with Crippen LogP contribution in [0, 0.1) is 0 Å². The van der Waals surface area contributed by atoms with Crippen LogP contribution >= 0.6 is 0 Å². The molecule has 0 N–H and O–H groups in total.